The van der Waals surface area contributed by atoms with Crippen LogP contribution in [0.1, 0.15) is 6.42 Å². The highest BCUT2D eigenvalue weighted by Crippen LogP contribution is 2.13. The van der Waals surface area contributed by atoms with Crippen LogP contribution in [-0.2, 0) is 18.4 Å². The average Bonchev–Trinajstić information content (AvgIpc) is 2.77. The van der Waals surface area contributed by atoms with Crippen LogP contribution in [0.2, 0.25) is 0 Å². The molecule has 0 fully saturated rings. The first kappa shape index (κ1) is 15.0. The summed E-state index contributed by atoms with van der Waals surface area (Å²) in [7, 11) is 1.70. The summed E-state index contributed by atoms with van der Waals surface area (Å²) in [4.78, 5) is 24.2. The van der Waals surface area contributed by atoms with Crippen LogP contribution in [0.15, 0.2) is 53.3 Å². The molecular formula is C17H16FN3O2. The van der Waals surface area contributed by atoms with Gasteiger partial charge in [0, 0.05) is 25.7 Å². The Hall–Kier alpha value is -2.89. The SMILES string of the molecule is Cn1c(=O)n(CCC(=O)Nc2cccc(F)c2)c2ccccc21. The quantitative estimate of drug-likeness (QED) is 0.804. The first-order valence-electron chi connectivity index (χ1n) is 7.26. The second kappa shape index (κ2) is 6.08. The van der Waals surface area contributed by atoms with E-state index < -0.39 is 5.82 Å². The van der Waals surface area contributed by atoms with Crippen molar-refractivity contribution in [1.29, 1.82) is 0 Å². The number of para-hydroxylation sites is 2. The maximum atomic E-state index is 13.1. The summed E-state index contributed by atoms with van der Waals surface area (Å²) in [6, 6.07) is 13.1. The number of fused-ring (bicyclic) bond motifs is 1. The number of hydrogen-bond donors (Lipinski definition) is 1. The molecule has 118 valence electrons. The largest absolute Gasteiger partial charge is 0.328 e. The minimum atomic E-state index is -0.409. The Kier molecular flexibility index (Phi) is 3.97. The molecule has 0 bridgehead atoms. The van der Waals surface area contributed by atoms with Crippen molar-refractivity contribution in [1.82, 2.24) is 9.13 Å². The topological polar surface area (TPSA) is 56.0 Å². The molecule has 0 spiro atoms. The fourth-order valence-corrected chi connectivity index (χ4v) is 2.58. The van der Waals surface area contributed by atoms with Gasteiger partial charge in [0.1, 0.15) is 5.82 Å². The zero-order valence-electron chi connectivity index (χ0n) is 12.6. The number of nitrogens with zero attached hydrogens (tertiary/aromatic N) is 2. The van der Waals surface area contributed by atoms with E-state index in [9.17, 15) is 14.0 Å². The number of benzene rings is 2. The van der Waals surface area contributed by atoms with Gasteiger partial charge in [0.05, 0.1) is 11.0 Å². The van der Waals surface area contributed by atoms with E-state index in [0.717, 1.165) is 11.0 Å². The van der Waals surface area contributed by atoms with Gasteiger partial charge in [0.25, 0.3) is 0 Å². The molecule has 5 nitrogen and oxygen atoms in total. The van der Waals surface area contributed by atoms with E-state index in [1.54, 1.807) is 22.2 Å². The normalized spacial score (nSPS) is 10.9. The molecular weight excluding hydrogens is 297 g/mol. The molecule has 1 N–H and O–H groups in total. The first-order valence-corrected chi connectivity index (χ1v) is 7.26. The Morgan fingerprint density at radius 1 is 1.13 bits per heavy atom. The van der Waals surface area contributed by atoms with Crippen LogP contribution in [0.5, 0.6) is 0 Å². The monoisotopic (exact) mass is 313 g/mol. The number of rotatable bonds is 4. The predicted molar refractivity (Wildman–Crippen MR) is 86.8 cm³/mol. The van der Waals surface area contributed by atoms with Crippen molar-refractivity contribution < 1.29 is 9.18 Å². The van der Waals surface area contributed by atoms with Crippen LogP contribution in [-0.4, -0.2) is 15.0 Å². The highest BCUT2D eigenvalue weighted by Gasteiger charge is 2.11. The van der Waals surface area contributed by atoms with Crippen molar-refractivity contribution in [2.75, 3.05) is 5.32 Å². The van der Waals surface area contributed by atoms with Crippen molar-refractivity contribution in [2.45, 2.75) is 13.0 Å². The van der Waals surface area contributed by atoms with Gasteiger partial charge in [-0.15, -0.1) is 0 Å². The molecule has 0 aliphatic heterocycles. The number of aryl methyl sites for hydroxylation is 2. The van der Waals surface area contributed by atoms with Gasteiger partial charge in [-0.1, -0.05) is 18.2 Å². The second-order valence-electron chi connectivity index (χ2n) is 5.29. The first-order chi connectivity index (χ1) is 11.1. The highest BCUT2D eigenvalue weighted by atomic mass is 19.1. The van der Waals surface area contributed by atoms with Gasteiger partial charge in [-0.05, 0) is 30.3 Å². The number of aromatic nitrogens is 2. The summed E-state index contributed by atoms with van der Waals surface area (Å²) in [6.45, 7) is 0.265. The second-order valence-corrected chi connectivity index (χ2v) is 5.29. The Labute approximate surface area is 132 Å². The molecule has 0 aliphatic carbocycles. The van der Waals surface area contributed by atoms with E-state index in [2.05, 4.69) is 5.32 Å². The van der Waals surface area contributed by atoms with Gasteiger partial charge in [0.15, 0.2) is 0 Å². The van der Waals surface area contributed by atoms with Gasteiger partial charge in [-0.2, -0.15) is 0 Å². The van der Waals surface area contributed by atoms with Crippen LogP contribution in [0.4, 0.5) is 10.1 Å². The average molecular weight is 313 g/mol. The summed E-state index contributed by atoms with van der Waals surface area (Å²) >= 11 is 0. The number of carbonyl (C=O) groups excluding carboxylic acids is 1. The Bertz CT molecular complexity index is 927. The van der Waals surface area contributed by atoms with Gasteiger partial charge in [0.2, 0.25) is 5.91 Å². The van der Waals surface area contributed by atoms with Crippen molar-refractivity contribution in [3.63, 3.8) is 0 Å². The summed E-state index contributed by atoms with van der Waals surface area (Å²) in [5.74, 6) is -0.677. The molecule has 0 saturated carbocycles. The molecule has 0 atom stereocenters. The summed E-state index contributed by atoms with van der Waals surface area (Å²) in [5.41, 5.74) is 1.85. The van der Waals surface area contributed by atoms with Crippen LogP contribution >= 0.6 is 0 Å². The maximum Gasteiger partial charge on any atom is 0.328 e. The third kappa shape index (κ3) is 3.01. The lowest BCUT2D eigenvalue weighted by Crippen LogP contribution is -2.24. The molecule has 23 heavy (non-hydrogen) atoms. The Morgan fingerprint density at radius 2 is 1.87 bits per heavy atom. The summed E-state index contributed by atoms with van der Waals surface area (Å²) < 4.78 is 16.2. The fraction of sp³-hybridized carbons (Fsp3) is 0.176. The molecule has 3 aromatic rings. The summed E-state index contributed by atoms with van der Waals surface area (Å²) in [5, 5.41) is 2.63. The van der Waals surface area contributed by atoms with Crippen LogP contribution < -0.4 is 11.0 Å². The Balaban J connectivity index is 1.75. The number of amides is 1. The van der Waals surface area contributed by atoms with E-state index in [1.807, 2.05) is 24.3 Å². The lowest BCUT2D eigenvalue weighted by atomic mass is 10.3. The molecule has 6 heteroatoms. The van der Waals surface area contributed by atoms with E-state index in [1.165, 1.54) is 18.2 Å². The minimum absolute atomic E-state index is 0.129. The van der Waals surface area contributed by atoms with Crippen molar-refractivity contribution in [2.24, 2.45) is 7.05 Å². The molecule has 1 heterocycles. The molecule has 2 aromatic carbocycles. The minimum Gasteiger partial charge on any atom is -0.326 e. The van der Waals surface area contributed by atoms with Crippen LogP contribution in [0.3, 0.4) is 0 Å². The number of carbonyl (C=O) groups is 1. The van der Waals surface area contributed by atoms with Crippen molar-refractivity contribution >= 4 is 22.6 Å². The molecule has 0 aliphatic rings. The van der Waals surface area contributed by atoms with Crippen LogP contribution in [0, 0.1) is 5.82 Å². The van der Waals surface area contributed by atoms with Crippen molar-refractivity contribution in [3.8, 4) is 0 Å². The zero-order chi connectivity index (χ0) is 16.4. The van der Waals surface area contributed by atoms with E-state index in [-0.39, 0.29) is 24.6 Å². The standard InChI is InChI=1S/C17H16FN3O2/c1-20-14-7-2-3-8-15(14)21(17(20)23)10-9-16(22)19-13-6-4-5-12(18)11-13/h2-8,11H,9-10H2,1H3,(H,19,22). The van der Waals surface area contributed by atoms with Gasteiger partial charge >= 0.3 is 5.69 Å². The van der Waals surface area contributed by atoms with Crippen molar-refractivity contribution in [3.05, 3.63) is 64.8 Å². The number of imidazole rings is 1. The smallest absolute Gasteiger partial charge is 0.326 e. The highest BCUT2D eigenvalue weighted by molar-refractivity contribution is 5.90. The maximum absolute atomic E-state index is 13.1. The molecule has 0 saturated heterocycles. The predicted octanol–water partition coefficient (Wildman–Crippen LogP) is 2.51. The number of anilines is 1. The molecule has 0 unspecified atom stereocenters. The van der Waals surface area contributed by atoms with E-state index >= 15 is 0 Å². The molecule has 1 aromatic heterocycles. The third-order valence-corrected chi connectivity index (χ3v) is 3.72. The van der Waals surface area contributed by atoms with E-state index in [4.69, 9.17) is 0 Å². The summed E-state index contributed by atoms with van der Waals surface area (Å²) in [6.07, 6.45) is 0.129. The molecule has 0 radical (unpaired) electrons. The number of nitrogens with one attached hydrogen (secondary N) is 1. The Morgan fingerprint density at radius 3 is 2.61 bits per heavy atom. The lowest BCUT2D eigenvalue weighted by molar-refractivity contribution is -0.116. The van der Waals surface area contributed by atoms with Gasteiger partial charge < -0.3 is 5.32 Å². The number of hydrogen-bond acceptors (Lipinski definition) is 2. The third-order valence-electron chi connectivity index (χ3n) is 3.72. The van der Waals surface area contributed by atoms with E-state index in [0.29, 0.717) is 5.69 Å². The van der Waals surface area contributed by atoms with Gasteiger partial charge in [-0.25, -0.2) is 9.18 Å². The fourth-order valence-electron chi connectivity index (χ4n) is 2.58. The van der Waals surface area contributed by atoms with Gasteiger partial charge in [-0.3, -0.25) is 13.9 Å². The molecule has 3 rings (SSSR count). The van der Waals surface area contributed by atoms with Crippen LogP contribution in [0.25, 0.3) is 11.0 Å². The lowest BCUT2D eigenvalue weighted by Gasteiger charge is -2.06. The molecule has 1 amide bonds. The number of halogens is 1. The zero-order valence-corrected chi connectivity index (χ0v) is 12.6.